The van der Waals surface area contributed by atoms with Crippen molar-refractivity contribution in [3.63, 3.8) is 0 Å². The minimum atomic E-state index is -0.151. The van der Waals surface area contributed by atoms with Crippen LogP contribution in [-0.4, -0.2) is 26.4 Å². The van der Waals surface area contributed by atoms with E-state index in [2.05, 4.69) is 33.0 Å². The van der Waals surface area contributed by atoms with Crippen LogP contribution in [0, 0.1) is 0 Å². The van der Waals surface area contributed by atoms with E-state index in [0.29, 0.717) is 27.4 Å². The zero-order valence-electron chi connectivity index (χ0n) is 15.4. The van der Waals surface area contributed by atoms with Gasteiger partial charge in [0.1, 0.15) is 0 Å². The van der Waals surface area contributed by atoms with Crippen LogP contribution < -0.4 is 5.32 Å². The molecule has 0 bridgehead atoms. The zero-order valence-corrected chi connectivity index (χ0v) is 18.5. The van der Waals surface area contributed by atoms with Crippen molar-refractivity contribution in [3.8, 4) is 11.4 Å². The largest absolute Gasteiger partial charge is 0.325 e. The smallest absolute Gasteiger partial charge is 0.234 e. The molecule has 2 aromatic carbocycles. The summed E-state index contributed by atoms with van der Waals surface area (Å²) >= 11 is 14.9. The highest BCUT2D eigenvalue weighted by atomic mass is 35.5. The van der Waals surface area contributed by atoms with Gasteiger partial charge < -0.3 is 9.88 Å². The molecular formula is C20H16Cl2N4OS2. The first-order valence-electron chi connectivity index (χ1n) is 8.84. The number of carbonyl (C=O) groups is 1. The fraction of sp³-hybridized carbons (Fsp3) is 0.150. The molecule has 0 aliphatic heterocycles. The third-order valence-electron chi connectivity index (χ3n) is 4.29. The van der Waals surface area contributed by atoms with Gasteiger partial charge >= 0.3 is 0 Å². The number of hydrogen-bond donors (Lipinski definition) is 1. The van der Waals surface area contributed by atoms with Crippen molar-refractivity contribution in [1.82, 2.24) is 14.8 Å². The van der Waals surface area contributed by atoms with Crippen molar-refractivity contribution in [1.29, 1.82) is 0 Å². The lowest BCUT2D eigenvalue weighted by molar-refractivity contribution is -0.113. The van der Waals surface area contributed by atoms with Crippen LogP contribution in [0.25, 0.3) is 21.5 Å². The molecule has 0 aliphatic rings. The Morgan fingerprint density at radius 3 is 2.79 bits per heavy atom. The van der Waals surface area contributed by atoms with Gasteiger partial charge in [-0.15, -0.1) is 21.5 Å². The van der Waals surface area contributed by atoms with E-state index < -0.39 is 0 Å². The Kier molecular flexibility index (Phi) is 6.10. The number of rotatable bonds is 6. The lowest BCUT2D eigenvalue weighted by Gasteiger charge is -2.08. The number of amides is 1. The highest BCUT2D eigenvalue weighted by Crippen LogP contribution is 2.34. The average molecular weight is 463 g/mol. The number of thioether (sulfide) groups is 1. The molecule has 0 unspecified atom stereocenters. The van der Waals surface area contributed by atoms with Crippen LogP contribution in [0.4, 0.5) is 5.69 Å². The molecule has 4 rings (SSSR count). The number of benzene rings is 2. The third kappa shape index (κ3) is 4.28. The predicted molar refractivity (Wildman–Crippen MR) is 122 cm³/mol. The summed E-state index contributed by atoms with van der Waals surface area (Å²) in [7, 11) is 0. The number of nitrogens with zero attached hydrogens (tertiary/aromatic N) is 3. The topological polar surface area (TPSA) is 59.8 Å². The van der Waals surface area contributed by atoms with E-state index in [1.165, 1.54) is 16.5 Å². The van der Waals surface area contributed by atoms with Gasteiger partial charge in [0.25, 0.3) is 0 Å². The molecule has 0 aliphatic carbocycles. The minimum absolute atomic E-state index is 0.151. The molecule has 0 radical (unpaired) electrons. The van der Waals surface area contributed by atoms with Gasteiger partial charge in [-0.25, -0.2) is 0 Å². The number of hydrogen-bond acceptors (Lipinski definition) is 5. The van der Waals surface area contributed by atoms with E-state index >= 15 is 0 Å². The second kappa shape index (κ2) is 8.75. The molecule has 4 aromatic rings. The van der Waals surface area contributed by atoms with Crippen LogP contribution in [0.15, 0.2) is 53.0 Å². The second-order valence-electron chi connectivity index (χ2n) is 6.16. The number of thiophene rings is 1. The number of fused-ring (bicyclic) bond motifs is 1. The summed E-state index contributed by atoms with van der Waals surface area (Å²) in [6.07, 6.45) is 0. The summed E-state index contributed by atoms with van der Waals surface area (Å²) in [6, 6.07) is 13.2. The molecule has 29 heavy (non-hydrogen) atoms. The van der Waals surface area contributed by atoms with Gasteiger partial charge in [0.05, 0.1) is 15.8 Å². The Morgan fingerprint density at radius 1 is 1.17 bits per heavy atom. The Hall–Kier alpha value is -2.06. The highest BCUT2D eigenvalue weighted by Gasteiger charge is 2.17. The maximum atomic E-state index is 12.3. The van der Waals surface area contributed by atoms with Gasteiger partial charge in [-0.05, 0) is 31.2 Å². The van der Waals surface area contributed by atoms with Crippen molar-refractivity contribution >= 4 is 68.0 Å². The fourth-order valence-electron chi connectivity index (χ4n) is 2.93. The molecule has 148 valence electrons. The Labute approximate surface area is 186 Å². The molecule has 1 N–H and O–H groups in total. The van der Waals surface area contributed by atoms with E-state index in [4.69, 9.17) is 23.2 Å². The van der Waals surface area contributed by atoms with Gasteiger partial charge in [0.2, 0.25) is 5.91 Å². The molecule has 0 fully saturated rings. The van der Waals surface area contributed by atoms with Crippen molar-refractivity contribution in [2.24, 2.45) is 0 Å². The zero-order chi connectivity index (χ0) is 20.4. The molecule has 0 saturated carbocycles. The Bertz CT molecular complexity index is 1190. The molecule has 2 aromatic heterocycles. The standard InChI is InChI=1S/C20H16Cl2N4OS2/c1-2-26-19(14-10-28-17-6-4-3-5-13(14)17)24-25-20(26)29-11-18(27)23-12-7-8-15(21)16(22)9-12/h3-10H,2,11H2,1H3,(H,23,27). The minimum Gasteiger partial charge on any atom is -0.325 e. The molecule has 5 nitrogen and oxygen atoms in total. The first-order valence-corrected chi connectivity index (χ1v) is 11.5. The van der Waals surface area contributed by atoms with Gasteiger partial charge in [0, 0.05) is 33.3 Å². The van der Waals surface area contributed by atoms with E-state index in [9.17, 15) is 4.79 Å². The summed E-state index contributed by atoms with van der Waals surface area (Å²) in [5, 5.41) is 16.4. The van der Waals surface area contributed by atoms with Crippen LogP contribution in [0.5, 0.6) is 0 Å². The van der Waals surface area contributed by atoms with Gasteiger partial charge in [0.15, 0.2) is 11.0 Å². The normalized spacial score (nSPS) is 11.1. The molecule has 0 saturated heterocycles. The third-order valence-corrected chi connectivity index (χ3v) is 6.96. The number of nitrogens with one attached hydrogen (secondary N) is 1. The summed E-state index contributed by atoms with van der Waals surface area (Å²) in [5.41, 5.74) is 1.67. The van der Waals surface area contributed by atoms with E-state index in [0.717, 1.165) is 16.8 Å². The number of anilines is 1. The summed E-state index contributed by atoms with van der Waals surface area (Å²) in [6.45, 7) is 2.75. The monoisotopic (exact) mass is 462 g/mol. The van der Waals surface area contributed by atoms with Gasteiger partial charge in [-0.3, -0.25) is 4.79 Å². The van der Waals surface area contributed by atoms with Crippen molar-refractivity contribution in [2.45, 2.75) is 18.6 Å². The average Bonchev–Trinajstić information content (AvgIpc) is 3.32. The Morgan fingerprint density at radius 2 is 2.00 bits per heavy atom. The lowest BCUT2D eigenvalue weighted by Crippen LogP contribution is -2.14. The van der Waals surface area contributed by atoms with E-state index in [-0.39, 0.29) is 11.7 Å². The van der Waals surface area contributed by atoms with Crippen LogP contribution in [0.1, 0.15) is 6.92 Å². The van der Waals surface area contributed by atoms with Gasteiger partial charge in [-0.1, -0.05) is 53.2 Å². The summed E-state index contributed by atoms with van der Waals surface area (Å²) in [5.74, 6) is 0.877. The molecule has 1 amide bonds. The van der Waals surface area contributed by atoms with Crippen molar-refractivity contribution < 1.29 is 4.79 Å². The van der Waals surface area contributed by atoms with Crippen LogP contribution in [0.2, 0.25) is 10.0 Å². The quantitative estimate of drug-likeness (QED) is 0.345. The molecule has 9 heteroatoms. The van der Waals surface area contributed by atoms with E-state index in [1.54, 1.807) is 29.5 Å². The molecular weight excluding hydrogens is 447 g/mol. The van der Waals surface area contributed by atoms with Crippen LogP contribution in [0.3, 0.4) is 0 Å². The molecule has 0 atom stereocenters. The maximum Gasteiger partial charge on any atom is 0.234 e. The van der Waals surface area contributed by atoms with Crippen LogP contribution >= 0.6 is 46.3 Å². The first kappa shape index (κ1) is 20.2. The molecule has 2 heterocycles. The number of aromatic nitrogens is 3. The highest BCUT2D eigenvalue weighted by molar-refractivity contribution is 7.99. The summed E-state index contributed by atoms with van der Waals surface area (Å²) < 4.78 is 3.24. The number of carbonyl (C=O) groups excluding carboxylic acids is 1. The van der Waals surface area contributed by atoms with Crippen molar-refractivity contribution in [2.75, 3.05) is 11.1 Å². The summed E-state index contributed by atoms with van der Waals surface area (Å²) in [4.78, 5) is 12.3. The fourth-order valence-corrected chi connectivity index (χ4v) is 4.97. The SMILES string of the molecule is CCn1c(SCC(=O)Nc2ccc(Cl)c(Cl)c2)nnc1-c1csc2ccccc12. The van der Waals surface area contributed by atoms with E-state index in [1.807, 2.05) is 23.6 Å². The lowest BCUT2D eigenvalue weighted by atomic mass is 10.1. The van der Waals surface area contributed by atoms with Crippen LogP contribution in [-0.2, 0) is 11.3 Å². The van der Waals surface area contributed by atoms with Crippen molar-refractivity contribution in [3.05, 3.63) is 57.9 Å². The van der Waals surface area contributed by atoms with Gasteiger partial charge in [-0.2, -0.15) is 0 Å². The predicted octanol–water partition coefficient (Wildman–Crippen LogP) is 6.22. The number of halogens is 2. The Balaban J connectivity index is 1.49. The second-order valence-corrected chi connectivity index (χ2v) is 8.83. The molecule has 0 spiro atoms. The maximum absolute atomic E-state index is 12.3. The first-order chi connectivity index (χ1) is 14.1.